The first-order valence-corrected chi connectivity index (χ1v) is 6.97. The van der Waals surface area contributed by atoms with Crippen LogP contribution in [0.2, 0.25) is 0 Å². The smallest absolute Gasteiger partial charge is 0.143 e. The van der Waals surface area contributed by atoms with Crippen molar-refractivity contribution < 1.29 is 4.74 Å². The van der Waals surface area contributed by atoms with Crippen molar-refractivity contribution in [2.24, 2.45) is 5.73 Å². The second kappa shape index (κ2) is 6.10. The third-order valence-corrected chi connectivity index (χ3v) is 3.51. The number of rotatable bonds is 5. The van der Waals surface area contributed by atoms with Crippen LogP contribution < -0.4 is 15.4 Å². The van der Waals surface area contributed by atoms with Crippen LogP contribution in [0.1, 0.15) is 31.7 Å². The summed E-state index contributed by atoms with van der Waals surface area (Å²) >= 11 is 0. The fourth-order valence-electron chi connectivity index (χ4n) is 2.41. The van der Waals surface area contributed by atoms with E-state index in [2.05, 4.69) is 36.9 Å². The normalized spacial score (nSPS) is 18.4. The van der Waals surface area contributed by atoms with Crippen LogP contribution in [0.5, 0.6) is 5.75 Å². The van der Waals surface area contributed by atoms with Gasteiger partial charge in [0, 0.05) is 6.54 Å². The number of benzene rings is 1. The van der Waals surface area contributed by atoms with Crippen molar-refractivity contribution in [2.75, 3.05) is 24.5 Å². The lowest BCUT2D eigenvalue weighted by molar-refractivity contribution is 0.189. The summed E-state index contributed by atoms with van der Waals surface area (Å²) in [6.07, 6.45) is 3.62. The molecule has 0 radical (unpaired) electrons. The monoisotopic (exact) mass is 248 g/mol. The van der Waals surface area contributed by atoms with Gasteiger partial charge in [-0.1, -0.05) is 13.0 Å². The van der Waals surface area contributed by atoms with E-state index in [-0.39, 0.29) is 0 Å². The average Bonchev–Trinajstić information content (AvgIpc) is 2.38. The first kappa shape index (κ1) is 13.2. The Morgan fingerprint density at radius 2 is 2.22 bits per heavy atom. The topological polar surface area (TPSA) is 38.5 Å². The van der Waals surface area contributed by atoms with Gasteiger partial charge in [0.1, 0.15) is 11.9 Å². The van der Waals surface area contributed by atoms with Gasteiger partial charge in [0.15, 0.2) is 0 Å². The van der Waals surface area contributed by atoms with Gasteiger partial charge in [-0.15, -0.1) is 0 Å². The fraction of sp³-hybridized carbons (Fsp3) is 0.600. The molecule has 0 spiro atoms. The predicted molar refractivity (Wildman–Crippen MR) is 76.4 cm³/mol. The van der Waals surface area contributed by atoms with Crippen molar-refractivity contribution in [1.29, 1.82) is 0 Å². The molecule has 1 aliphatic heterocycles. The lowest BCUT2D eigenvalue weighted by atomic mass is 10.1. The minimum Gasteiger partial charge on any atom is -0.486 e. The van der Waals surface area contributed by atoms with Gasteiger partial charge in [0.05, 0.1) is 12.2 Å². The molecule has 3 heteroatoms. The van der Waals surface area contributed by atoms with Crippen molar-refractivity contribution in [3.05, 3.63) is 23.8 Å². The molecule has 2 N–H and O–H groups in total. The molecule has 1 aromatic carbocycles. The van der Waals surface area contributed by atoms with Crippen LogP contribution in [0.3, 0.4) is 0 Å². The van der Waals surface area contributed by atoms with E-state index in [4.69, 9.17) is 10.5 Å². The van der Waals surface area contributed by atoms with Gasteiger partial charge < -0.3 is 15.4 Å². The summed E-state index contributed by atoms with van der Waals surface area (Å²) in [6.45, 7) is 7.15. The van der Waals surface area contributed by atoms with E-state index in [1.807, 2.05) is 0 Å². The number of hydrogen-bond acceptors (Lipinski definition) is 3. The van der Waals surface area contributed by atoms with Gasteiger partial charge in [-0.05, 0) is 50.4 Å². The molecule has 0 saturated carbocycles. The molecule has 0 bridgehead atoms. The number of unbranched alkanes of at least 4 members (excludes halogenated alkanes) is 1. The summed E-state index contributed by atoms with van der Waals surface area (Å²) in [5, 5.41) is 0. The molecule has 1 atom stereocenters. The second-order valence-corrected chi connectivity index (χ2v) is 5.06. The SMILES string of the molecule is CCC1CN(CCCCN)c2ccc(C)cc2O1. The maximum Gasteiger partial charge on any atom is 0.143 e. The first-order valence-electron chi connectivity index (χ1n) is 6.97. The summed E-state index contributed by atoms with van der Waals surface area (Å²) in [5.41, 5.74) is 8.06. The number of hydrogen-bond donors (Lipinski definition) is 1. The summed E-state index contributed by atoms with van der Waals surface area (Å²) < 4.78 is 6.03. The Morgan fingerprint density at radius 3 is 2.94 bits per heavy atom. The zero-order valence-electron chi connectivity index (χ0n) is 11.5. The number of aryl methyl sites for hydroxylation is 1. The summed E-state index contributed by atoms with van der Waals surface area (Å²) in [4.78, 5) is 2.45. The zero-order chi connectivity index (χ0) is 13.0. The van der Waals surface area contributed by atoms with Gasteiger partial charge in [0.25, 0.3) is 0 Å². The summed E-state index contributed by atoms with van der Waals surface area (Å²) in [6, 6.07) is 6.48. The molecule has 3 nitrogen and oxygen atoms in total. The molecule has 100 valence electrons. The highest BCUT2D eigenvalue weighted by Crippen LogP contribution is 2.34. The predicted octanol–water partition coefficient (Wildman–Crippen LogP) is 2.71. The van der Waals surface area contributed by atoms with Gasteiger partial charge in [-0.25, -0.2) is 0 Å². The van der Waals surface area contributed by atoms with Gasteiger partial charge in [0.2, 0.25) is 0 Å². The molecule has 18 heavy (non-hydrogen) atoms. The Morgan fingerprint density at radius 1 is 1.39 bits per heavy atom. The lowest BCUT2D eigenvalue weighted by Crippen LogP contribution is -2.40. The highest BCUT2D eigenvalue weighted by Gasteiger charge is 2.23. The molecule has 0 aliphatic carbocycles. The van der Waals surface area contributed by atoms with Crippen molar-refractivity contribution in [1.82, 2.24) is 0 Å². The number of fused-ring (bicyclic) bond motifs is 1. The van der Waals surface area contributed by atoms with Crippen LogP contribution >= 0.6 is 0 Å². The molecule has 1 aromatic rings. The van der Waals surface area contributed by atoms with Crippen LogP contribution in [-0.4, -0.2) is 25.7 Å². The standard InChI is InChI=1S/C15H24N2O/c1-3-13-11-17(9-5-4-8-16)14-7-6-12(2)10-15(14)18-13/h6-7,10,13H,3-5,8-9,11,16H2,1-2H3. The van der Waals surface area contributed by atoms with Gasteiger partial charge >= 0.3 is 0 Å². The molecule has 1 aliphatic rings. The summed E-state index contributed by atoms with van der Waals surface area (Å²) in [5.74, 6) is 1.04. The van der Waals surface area contributed by atoms with Crippen molar-refractivity contribution in [2.45, 2.75) is 39.2 Å². The minimum absolute atomic E-state index is 0.317. The molecular formula is C15H24N2O. The number of ether oxygens (including phenoxy) is 1. The van der Waals surface area contributed by atoms with E-state index in [0.717, 1.165) is 44.6 Å². The summed E-state index contributed by atoms with van der Waals surface area (Å²) in [7, 11) is 0. The Labute approximate surface area is 110 Å². The Balaban J connectivity index is 2.14. The van der Waals surface area contributed by atoms with E-state index in [9.17, 15) is 0 Å². The van der Waals surface area contributed by atoms with E-state index < -0.39 is 0 Å². The fourth-order valence-corrected chi connectivity index (χ4v) is 2.41. The van der Waals surface area contributed by atoms with Crippen LogP contribution in [-0.2, 0) is 0 Å². The van der Waals surface area contributed by atoms with Gasteiger partial charge in [-0.2, -0.15) is 0 Å². The van der Waals surface area contributed by atoms with E-state index >= 15 is 0 Å². The highest BCUT2D eigenvalue weighted by atomic mass is 16.5. The van der Waals surface area contributed by atoms with E-state index in [0.29, 0.717) is 6.10 Å². The third-order valence-electron chi connectivity index (χ3n) is 3.51. The van der Waals surface area contributed by atoms with Crippen molar-refractivity contribution in [3.8, 4) is 5.75 Å². The molecule has 1 heterocycles. The molecule has 0 amide bonds. The molecule has 0 aromatic heterocycles. The first-order chi connectivity index (χ1) is 8.74. The molecule has 0 fully saturated rings. The van der Waals surface area contributed by atoms with Crippen LogP contribution in [0, 0.1) is 6.92 Å². The maximum atomic E-state index is 6.03. The molecular weight excluding hydrogens is 224 g/mol. The van der Waals surface area contributed by atoms with E-state index in [1.54, 1.807) is 0 Å². The largest absolute Gasteiger partial charge is 0.486 e. The maximum absolute atomic E-state index is 6.03. The third kappa shape index (κ3) is 2.96. The Kier molecular flexibility index (Phi) is 4.48. The zero-order valence-corrected chi connectivity index (χ0v) is 11.5. The van der Waals surface area contributed by atoms with Crippen molar-refractivity contribution >= 4 is 5.69 Å². The van der Waals surface area contributed by atoms with Crippen molar-refractivity contribution in [3.63, 3.8) is 0 Å². The highest BCUT2D eigenvalue weighted by molar-refractivity contribution is 5.61. The molecule has 1 unspecified atom stereocenters. The second-order valence-electron chi connectivity index (χ2n) is 5.06. The molecule has 0 saturated heterocycles. The van der Waals surface area contributed by atoms with Crippen LogP contribution in [0.25, 0.3) is 0 Å². The van der Waals surface area contributed by atoms with Crippen LogP contribution in [0.15, 0.2) is 18.2 Å². The van der Waals surface area contributed by atoms with Gasteiger partial charge in [-0.3, -0.25) is 0 Å². The Hall–Kier alpha value is -1.22. The quantitative estimate of drug-likeness (QED) is 0.814. The Bertz CT molecular complexity index is 392. The number of nitrogens with two attached hydrogens (primary N) is 1. The van der Waals surface area contributed by atoms with Crippen LogP contribution in [0.4, 0.5) is 5.69 Å². The average molecular weight is 248 g/mol. The lowest BCUT2D eigenvalue weighted by Gasteiger charge is -2.36. The number of nitrogens with zero attached hydrogens (tertiary/aromatic N) is 1. The number of anilines is 1. The molecule has 2 rings (SSSR count). The van der Waals surface area contributed by atoms with E-state index in [1.165, 1.54) is 11.3 Å². The minimum atomic E-state index is 0.317.